The number of H-pyrrole nitrogens is 1. The highest BCUT2D eigenvalue weighted by Gasteiger charge is 2.16. The van der Waals surface area contributed by atoms with E-state index in [1.54, 1.807) is 17.8 Å². The number of rotatable bonds is 10. The van der Waals surface area contributed by atoms with Gasteiger partial charge in [0.15, 0.2) is 5.16 Å². The molecule has 0 saturated carbocycles. The van der Waals surface area contributed by atoms with E-state index in [9.17, 15) is 4.79 Å². The lowest BCUT2D eigenvalue weighted by molar-refractivity contribution is 0.396. The second-order valence-corrected chi connectivity index (χ2v) is 6.56. The quantitative estimate of drug-likeness (QED) is 0.514. The zero-order valence-corrected chi connectivity index (χ0v) is 14.6. The van der Waals surface area contributed by atoms with Crippen molar-refractivity contribution in [3.8, 4) is 0 Å². The number of hydrogen-bond donors (Lipinski definition) is 2. The molecule has 0 bridgehead atoms. The maximum atomic E-state index is 11.7. The molecule has 0 spiro atoms. The highest BCUT2D eigenvalue weighted by Crippen LogP contribution is 2.18. The summed E-state index contributed by atoms with van der Waals surface area (Å²) in [5.74, 6) is 1.56. The Labute approximate surface area is 132 Å². The Bertz CT molecular complexity index is 461. The third-order valence-electron chi connectivity index (χ3n) is 3.67. The van der Waals surface area contributed by atoms with Gasteiger partial charge in [-0.25, -0.2) is 4.98 Å². The van der Waals surface area contributed by atoms with Crippen molar-refractivity contribution in [1.82, 2.24) is 15.3 Å². The lowest BCUT2D eigenvalue weighted by Crippen LogP contribution is -2.37. The first-order valence-corrected chi connectivity index (χ1v) is 9.05. The van der Waals surface area contributed by atoms with Crippen LogP contribution in [-0.2, 0) is 6.42 Å². The van der Waals surface area contributed by atoms with E-state index >= 15 is 0 Å². The summed E-state index contributed by atoms with van der Waals surface area (Å²) in [7, 11) is 0. The van der Waals surface area contributed by atoms with Crippen LogP contribution in [-0.4, -0.2) is 28.3 Å². The standard InChI is InChI=1S/C16H29N3OS/c1-5-8-13-10-15(20)19-16(18-13)21-11-14(12(4)7-3)17-9-6-2/h10,12,14,17H,5-9,11H2,1-4H3,(H,18,19,20). The summed E-state index contributed by atoms with van der Waals surface area (Å²) in [4.78, 5) is 19.1. The Morgan fingerprint density at radius 1 is 1.33 bits per heavy atom. The monoisotopic (exact) mass is 311 g/mol. The van der Waals surface area contributed by atoms with Gasteiger partial charge in [0.25, 0.3) is 5.56 Å². The molecule has 21 heavy (non-hydrogen) atoms. The molecule has 1 aromatic heterocycles. The minimum absolute atomic E-state index is 0.0439. The lowest BCUT2D eigenvalue weighted by atomic mass is 10.0. The van der Waals surface area contributed by atoms with Crippen molar-refractivity contribution in [2.45, 2.75) is 64.6 Å². The molecule has 2 N–H and O–H groups in total. The fourth-order valence-corrected chi connectivity index (χ4v) is 3.28. The van der Waals surface area contributed by atoms with Gasteiger partial charge >= 0.3 is 0 Å². The van der Waals surface area contributed by atoms with Gasteiger partial charge in [-0.1, -0.05) is 52.3 Å². The van der Waals surface area contributed by atoms with Crippen molar-refractivity contribution in [2.75, 3.05) is 12.3 Å². The summed E-state index contributed by atoms with van der Waals surface area (Å²) in [6.07, 6.45) is 4.16. The van der Waals surface area contributed by atoms with Crippen molar-refractivity contribution < 1.29 is 0 Å². The largest absolute Gasteiger partial charge is 0.313 e. The van der Waals surface area contributed by atoms with E-state index < -0.39 is 0 Å². The first-order valence-electron chi connectivity index (χ1n) is 8.07. The highest BCUT2D eigenvalue weighted by molar-refractivity contribution is 7.99. The average Bonchev–Trinajstić information content (AvgIpc) is 2.46. The van der Waals surface area contributed by atoms with Crippen LogP contribution in [0.1, 0.15) is 52.7 Å². The van der Waals surface area contributed by atoms with Crippen LogP contribution in [0.2, 0.25) is 0 Å². The van der Waals surface area contributed by atoms with Crippen LogP contribution >= 0.6 is 11.8 Å². The molecule has 0 saturated heterocycles. The van der Waals surface area contributed by atoms with E-state index in [1.807, 2.05) is 0 Å². The number of aromatic nitrogens is 2. The number of hydrogen-bond acceptors (Lipinski definition) is 4. The Morgan fingerprint density at radius 3 is 2.71 bits per heavy atom. The zero-order valence-electron chi connectivity index (χ0n) is 13.7. The van der Waals surface area contributed by atoms with Crippen LogP contribution in [0.5, 0.6) is 0 Å². The normalized spacial score (nSPS) is 14.1. The second kappa shape index (κ2) is 10.0. The number of aryl methyl sites for hydroxylation is 1. The van der Waals surface area contributed by atoms with Gasteiger partial charge in [0, 0.05) is 23.6 Å². The molecular formula is C16H29N3OS. The summed E-state index contributed by atoms with van der Waals surface area (Å²) in [5, 5.41) is 4.35. The van der Waals surface area contributed by atoms with Crippen molar-refractivity contribution in [1.29, 1.82) is 0 Å². The SMILES string of the molecule is CCCNC(CSc1nc(CCC)cc(=O)[nH]1)C(C)CC. The molecule has 4 nitrogen and oxygen atoms in total. The first kappa shape index (κ1) is 18.2. The fourth-order valence-electron chi connectivity index (χ4n) is 2.14. The minimum atomic E-state index is -0.0439. The molecule has 0 amide bonds. The lowest BCUT2D eigenvalue weighted by Gasteiger charge is -2.23. The van der Waals surface area contributed by atoms with Gasteiger partial charge in [-0.15, -0.1) is 0 Å². The van der Waals surface area contributed by atoms with E-state index in [2.05, 4.69) is 43.0 Å². The average molecular weight is 311 g/mol. The molecule has 1 heterocycles. The molecule has 2 unspecified atom stereocenters. The summed E-state index contributed by atoms with van der Waals surface area (Å²) in [6, 6.07) is 2.06. The van der Waals surface area contributed by atoms with E-state index in [0.29, 0.717) is 12.0 Å². The molecule has 0 aromatic carbocycles. The molecule has 1 rings (SSSR count). The summed E-state index contributed by atoms with van der Waals surface area (Å²) in [6.45, 7) is 9.81. The molecule has 0 aliphatic heterocycles. The Hall–Kier alpha value is -0.810. The number of aromatic amines is 1. The van der Waals surface area contributed by atoms with Crippen LogP contribution in [0.3, 0.4) is 0 Å². The van der Waals surface area contributed by atoms with Crippen LogP contribution in [0.4, 0.5) is 0 Å². The maximum absolute atomic E-state index is 11.7. The van der Waals surface area contributed by atoms with Crippen molar-refractivity contribution in [3.05, 3.63) is 22.1 Å². The second-order valence-electron chi connectivity index (χ2n) is 5.55. The molecule has 120 valence electrons. The van der Waals surface area contributed by atoms with Gasteiger partial charge in [0.1, 0.15) is 0 Å². The number of nitrogens with one attached hydrogen (secondary N) is 2. The third kappa shape index (κ3) is 6.66. The van der Waals surface area contributed by atoms with Crippen molar-refractivity contribution in [3.63, 3.8) is 0 Å². The van der Waals surface area contributed by atoms with E-state index in [0.717, 1.165) is 48.8 Å². The molecular weight excluding hydrogens is 282 g/mol. The summed E-state index contributed by atoms with van der Waals surface area (Å²) < 4.78 is 0. The van der Waals surface area contributed by atoms with E-state index in [1.165, 1.54) is 0 Å². The molecule has 5 heteroatoms. The van der Waals surface area contributed by atoms with Gasteiger partial charge in [0.2, 0.25) is 0 Å². The van der Waals surface area contributed by atoms with Crippen LogP contribution < -0.4 is 10.9 Å². The smallest absolute Gasteiger partial charge is 0.251 e. The molecule has 2 atom stereocenters. The highest BCUT2D eigenvalue weighted by atomic mass is 32.2. The number of thioether (sulfide) groups is 1. The van der Waals surface area contributed by atoms with E-state index in [-0.39, 0.29) is 5.56 Å². The van der Waals surface area contributed by atoms with Crippen LogP contribution in [0, 0.1) is 5.92 Å². The topological polar surface area (TPSA) is 57.8 Å². The third-order valence-corrected chi connectivity index (χ3v) is 4.66. The fraction of sp³-hybridized carbons (Fsp3) is 0.750. The molecule has 0 aliphatic rings. The van der Waals surface area contributed by atoms with Gasteiger partial charge in [0.05, 0.1) is 0 Å². The zero-order chi connectivity index (χ0) is 15.7. The number of nitrogens with zero attached hydrogens (tertiary/aromatic N) is 1. The van der Waals surface area contributed by atoms with Crippen molar-refractivity contribution >= 4 is 11.8 Å². The molecule has 0 aliphatic carbocycles. The van der Waals surface area contributed by atoms with Gasteiger partial charge in [-0.05, 0) is 25.3 Å². The molecule has 0 radical (unpaired) electrons. The van der Waals surface area contributed by atoms with Gasteiger partial charge in [-0.3, -0.25) is 4.79 Å². The Morgan fingerprint density at radius 2 is 2.10 bits per heavy atom. The predicted molar refractivity (Wildman–Crippen MR) is 91.1 cm³/mol. The molecule has 0 fully saturated rings. The van der Waals surface area contributed by atoms with Crippen LogP contribution in [0.15, 0.2) is 16.0 Å². The molecule has 1 aromatic rings. The van der Waals surface area contributed by atoms with Gasteiger partial charge in [-0.2, -0.15) is 0 Å². The van der Waals surface area contributed by atoms with E-state index in [4.69, 9.17) is 0 Å². The minimum Gasteiger partial charge on any atom is -0.313 e. The van der Waals surface area contributed by atoms with Gasteiger partial charge < -0.3 is 10.3 Å². The summed E-state index contributed by atoms with van der Waals surface area (Å²) in [5.41, 5.74) is 0.850. The van der Waals surface area contributed by atoms with Crippen LogP contribution in [0.25, 0.3) is 0 Å². The maximum Gasteiger partial charge on any atom is 0.251 e. The first-order chi connectivity index (χ1) is 10.1. The predicted octanol–water partition coefficient (Wildman–Crippen LogP) is 3.23. The summed E-state index contributed by atoms with van der Waals surface area (Å²) >= 11 is 1.65. The Balaban J connectivity index is 2.67. The Kier molecular flexibility index (Phi) is 8.69. The van der Waals surface area contributed by atoms with Crippen molar-refractivity contribution in [2.24, 2.45) is 5.92 Å².